The van der Waals surface area contributed by atoms with E-state index in [-0.39, 0.29) is 10.4 Å². The molecule has 0 bridgehead atoms. The molecule has 0 aliphatic carbocycles. The third-order valence-electron chi connectivity index (χ3n) is 2.81. The molecule has 96 valence electrons. The molecule has 0 aliphatic heterocycles. The SMILES string of the molecule is Clc1nc(Cl)c2nn(CCc3ccccc3)cc2n1. The van der Waals surface area contributed by atoms with Gasteiger partial charge in [0.25, 0.3) is 0 Å². The van der Waals surface area contributed by atoms with E-state index in [0.29, 0.717) is 11.0 Å². The van der Waals surface area contributed by atoms with Crippen LogP contribution in [-0.4, -0.2) is 19.7 Å². The molecule has 19 heavy (non-hydrogen) atoms. The summed E-state index contributed by atoms with van der Waals surface area (Å²) < 4.78 is 1.81. The number of aromatic nitrogens is 4. The van der Waals surface area contributed by atoms with Crippen LogP contribution in [0.15, 0.2) is 36.5 Å². The van der Waals surface area contributed by atoms with Crippen LogP contribution in [0.3, 0.4) is 0 Å². The number of halogens is 2. The Balaban J connectivity index is 1.84. The van der Waals surface area contributed by atoms with Crippen molar-refractivity contribution in [3.05, 3.63) is 52.5 Å². The van der Waals surface area contributed by atoms with Gasteiger partial charge >= 0.3 is 0 Å². The average Bonchev–Trinajstić information content (AvgIpc) is 2.81. The molecule has 3 aromatic rings. The van der Waals surface area contributed by atoms with Crippen LogP contribution in [0.2, 0.25) is 10.4 Å². The summed E-state index contributed by atoms with van der Waals surface area (Å²) in [6, 6.07) is 10.2. The summed E-state index contributed by atoms with van der Waals surface area (Å²) in [4.78, 5) is 7.98. The first-order chi connectivity index (χ1) is 9.22. The maximum Gasteiger partial charge on any atom is 0.224 e. The monoisotopic (exact) mass is 292 g/mol. The fraction of sp³-hybridized carbons (Fsp3) is 0.154. The minimum absolute atomic E-state index is 0.139. The molecule has 0 atom stereocenters. The van der Waals surface area contributed by atoms with Crippen LogP contribution in [0, 0.1) is 0 Å². The lowest BCUT2D eigenvalue weighted by Gasteiger charge is -2.00. The number of nitrogens with zero attached hydrogens (tertiary/aromatic N) is 4. The van der Waals surface area contributed by atoms with Crippen molar-refractivity contribution >= 4 is 34.2 Å². The summed E-state index contributed by atoms with van der Waals surface area (Å²) >= 11 is 11.7. The van der Waals surface area contributed by atoms with Gasteiger partial charge in [-0.1, -0.05) is 41.9 Å². The van der Waals surface area contributed by atoms with Crippen molar-refractivity contribution in [3.63, 3.8) is 0 Å². The molecule has 6 heteroatoms. The second-order valence-corrected chi connectivity index (χ2v) is 4.84. The Kier molecular flexibility index (Phi) is 3.36. The van der Waals surface area contributed by atoms with E-state index >= 15 is 0 Å². The van der Waals surface area contributed by atoms with Gasteiger partial charge in [-0.25, -0.2) is 9.97 Å². The van der Waals surface area contributed by atoms with Gasteiger partial charge in [-0.3, -0.25) is 4.68 Å². The highest BCUT2D eigenvalue weighted by Gasteiger charge is 2.09. The second kappa shape index (κ2) is 5.15. The van der Waals surface area contributed by atoms with Gasteiger partial charge in [0.2, 0.25) is 5.28 Å². The predicted molar refractivity (Wildman–Crippen MR) is 75.5 cm³/mol. The number of rotatable bonds is 3. The summed E-state index contributed by atoms with van der Waals surface area (Å²) in [6.07, 6.45) is 2.73. The number of hydrogen-bond acceptors (Lipinski definition) is 3. The molecular weight excluding hydrogens is 283 g/mol. The van der Waals surface area contributed by atoms with E-state index in [1.54, 1.807) is 0 Å². The summed E-state index contributed by atoms with van der Waals surface area (Å²) in [7, 11) is 0. The number of fused-ring (bicyclic) bond motifs is 1. The zero-order valence-corrected chi connectivity index (χ0v) is 11.4. The Bertz CT molecular complexity index is 709. The van der Waals surface area contributed by atoms with Gasteiger partial charge in [0.15, 0.2) is 5.15 Å². The Morgan fingerprint density at radius 1 is 1.05 bits per heavy atom. The van der Waals surface area contributed by atoms with E-state index in [2.05, 4.69) is 27.2 Å². The van der Waals surface area contributed by atoms with Crippen molar-refractivity contribution in [1.82, 2.24) is 19.7 Å². The van der Waals surface area contributed by atoms with Crippen LogP contribution in [-0.2, 0) is 13.0 Å². The zero-order valence-electron chi connectivity index (χ0n) is 9.92. The van der Waals surface area contributed by atoms with Crippen LogP contribution in [0.1, 0.15) is 5.56 Å². The molecule has 0 fully saturated rings. The maximum atomic E-state index is 5.98. The minimum atomic E-state index is 0.139. The number of hydrogen-bond donors (Lipinski definition) is 0. The van der Waals surface area contributed by atoms with E-state index < -0.39 is 0 Å². The molecular formula is C13H10Cl2N4. The molecule has 2 aromatic heterocycles. The topological polar surface area (TPSA) is 43.6 Å². The Labute approximate surface area is 120 Å². The first kappa shape index (κ1) is 12.4. The predicted octanol–water partition coefficient (Wildman–Crippen LogP) is 3.38. The van der Waals surface area contributed by atoms with Crippen molar-refractivity contribution < 1.29 is 0 Å². The highest BCUT2D eigenvalue weighted by atomic mass is 35.5. The lowest BCUT2D eigenvalue weighted by atomic mass is 10.1. The fourth-order valence-electron chi connectivity index (χ4n) is 1.90. The number of aryl methyl sites for hydroxylation is 2. The van der Waals surface area contributed by atoms with Gasteiger partial charge in [0.1, 0.15) is 11.0 Å². The Morgan fingerprint density at radius 3 is 2.63 bits per heavy atom. The molecule has 0 amide bonds. The molecule has 0 unspecified atom stereocenters. The van der Waals surface area contributed by atoms with Gasteiger partial charge in [0.05, 0.1) is 6.20 Å². The smallest absolute Gasteiger partial charge is 0.224 e. The molecule has 0 radical (unpaired) electrons. The molecule has 4 nitrogen and oxygen atoms in total. The molecule has 0 spiro atoms. The van der Waals surface area contributed by atoms with E-state index in [0.717, 1.165) is 13.0 Å². The molecule has 0 aliphatic rings. The zero-order chi connectivity index (χ0) is 13.2. The normalized spacial score (nSPS) is 11.1. The Hall–Kier alpha value is -1.65. The van der Waals surface area contributed by atoms with Gasteiger partial charge in [-0.2, -0.15) is 5.10 Å². The van der Waals surface area contributed by atoms with Gasteiger partial charge in [-0.15, -0.1) is 0 Å². The van der Waals surface area contributed by atoms with Crippen molar-refractivity contribution in [2.24, 2.45) is 0 Å². The van der Waals surface area contributed by atoms with Crippen LogP contribution in [0.5, 0.6) is 0 Å². The van der Waals surface area contributed by atoms with Crippen LogP contribution >= 0.6 is 23.2 Å². The summed E-state index contributed by atoms with van der Waals surface area (Å²) in [5.74, 6) is 0. The molecule has 1 aromatic carbocycles. The standard InChI is InChI=1S/C13H10Cl2N4/c14-12-11-10(16-13(15)17-12)8-19(18-11)7-6-9-4-2-1-3-5-9/h1-5,8H,6-7H2. The van der Waals surface area contributed by atoms with E-state index in [1.165, 1.54) is 5.56 Å². The van der Waals surface area contributed by atoms with Crippen LogP contribution in [0.25, 0.3) is 11.0 Å². The van der Waals surface area contributed by atoms with Crippen molar-refractivity contribution in [2.75, 3.05) is 0 Å². The highest BCUT2D eigenvalue weighted by molar-refractivity contribution is 6.35. The summed E-state index contributed by atoms with van der Waals surface area (Å²) in [6.45, 7) is 0.758. The van der Waals surface area contributed by atoms with Crippen LogP contribution in [0.4, 0.5) is 0 Å². The summed E-state index contributed by atoms with van der Waals surface area (Å²) in [5, 5.41) is 4.79. The average molecular weight is 293 g/mol. The van der Waals surface area contributed by atoms with E-state index in [1.807, 2.05) is 29.1 Å². The first-order valence-corrected chi connectivity index (χ1v) is 6.58. The van der Waals surface area contributed by atoms with Crippen molar-refractivity contribution in [2.45, 2.75) is 13.0 Å². The lowest BCUT2D eigenvalue weighted by molar-refractivity contribution is 0.621. The largest absolute Gasteiger partial charge is 0.269 e. The van der Waals surface area contributed by atoms with Gasteiger partial charge < -0.3 is 0 Å². The molecule has 3 rings (SSSR count). The van der Waals surface area contributed by atoms with E-state index in [4.69, 9.17) is 23.2 Å². The Morgan fingerprint density at radius 2 is 1.84 bits per heavy atom. The van der Waals surface area contributed by atoms with Crippen molar-refractivity contribution in [1.29, 1.82) is 0 Å². The summed E-state index contributed by atoms with van der Waals surface area (Å²) in [5.41, 5.74) is 2.51. The van der Waals surface area contributed by atoms with E-state index in [9.17, 15) is 0 Å². The highest BCUT2D eigenvalue weighted by Crippen LogP contribution is 2.20. The molecule has 0 saturated heterocycles. The molecule has 0 N–H and O–H groups in total. The quantitative estimate of drug-likeness (QED) is 0.549. The third-order valence-corrected chi connectivity index (χ3v) is 3.25. The second-order valence-electron chi connectivity index (χ2n) is 4.15. The first-order valence-electron chi connectivity index (χ1n) is 5.82. The molecule has 0 saturated carbocycles. The lowest BCUT2D eigenvalue weighted by Crippen LogP contribution is -2.01. The number of benzene rings is 1. The fourth-order valence-corrected chi connectivity index (χ4v) is 2.33. The molecule has 2 heterocycles. The van der Waals surface area contributed by atoms with Crippen molar-refractivity contribution in [3.8, 4) is 0 Å². The maximum absolute atomic E-state index is 5.98. The van der Waals surface area contributed by atoms with Crippen LogP contribution < -0.4 is 0 Å². The minimum Gasteiger partial charge on any atom is -0.269 e. The third kappa shape index (κ3) is 2.69. The van der Waals surface area contributed by atoms with Gasteiger partial charge in [-0.05, 0) is 23.6 Å². The van der Waals surface area contributed by atoms with Gasteiger partial charge in [0, 0.05) is 6.54 Å².